The monoisotopic (exact) mass is 326 g/mol. The van der Waals surface area contributed by atoms with Gasteiger partial charge in [-0.25, -0.2) is 0 Å². The Labute approximate surface area is 141 Å². The molecule has 126 valence electrons. The first-order chi connectivity index (χ1) is 11.7. The Morgan fingerprint density at radius 1 is 1.08 bits per heavy atom. The Bertz CT molecular complexity index is 738. The number of fused-ring (bicyclic) bond motifs is 1. The summed E-state index contributed by atoms with van der Waals surface area (Å²) in [5.74, 6) is -0.681. The Morgan fingerprint density at radius 2 is 1.79 bits per heavy atom. The van der Waals surface area contributed by atoms with Gasteiger partial charge in [-0.3, -0.25) is 9.59 Å². The molecule has 0 spiro atoms. The highest BCUT2D eigenvalue weighted by Crippen LogP contribution is 2.18. The van der Waals surface area contributed by atoms with Crippen LogP contribution in [0.1, 0.15) is 36.0 Å². The summed E-state index contributed by atoms with van der Waals surface area (Å²) in [4.78, 5) is 24.6. The maximum Gasteiger partial charge on any atom is 0.252 e. The van der Waals surface area contributed by atoms with Crippen molar-refractivity contribution in [2.75, 3.05) is 6.61 Å². The van der Waals surface area contributed by atoms with Gasteiger partial charge in [0.2, 0.25) is 5.91 Å². The molecule has 0 aliphatic heterocycles. The van der Waals surface area contributed by atoms with E-state index in [1.165, 1.54) is 0 Å². The van der Waals surface area contributed by atoms with Gasteiger partial charge < -0.3 is 15.7 Å². The van der Waals surface area contributed by atoms with Crippen LogP contribution in [0.15, 0.2) is 42.5 Å². The molecule has 1 unspecified atom stereocenters. The van der Waals surface area contributed by atoms with Gasteiger partial charge >= 0.3 is 0 Å². The number of carbonyl (C=O) groups excluding carboxylic acids is 2. The summed E-state index contributed by atoms with van der Waals surface area (Å²) in [5, 5.41) is 17.0. The largest absolute Gasteiger partial charge is 0.394 e. The summed E-state index contributed by atoms with van der Waals surface area (Å²) in [7, 11) is 0. The minimum absolute atomic E-state index is 0.157. The van der Waals surface area contributed by atoms with Crippen molar-refractivity contribution in [3.63, 3.8) is 0 Å². The molecule has 3 N–H and O–H groups in total. The molecule has 1 atom stereocenters. The van der Waals surface area contributed by atoms with E-state index in [1.54, 1.807) is 12.1 Å². The van der Waals surface area contributed by atoms with Gasteiger partial charge in [0.05, 0.1) is 6.61 Å². The number of aliphatic hydroxyl groups excluding tert-OH is 1. The van der Waals surface area contributed by atoms with Gasteiger partial charge in [0, 0.05) is 11.6 Å². The molecule has 0 saturated heterocycles. The smallest absolute Gasteiger partial charge is 0.252 e. The van der Waals surface area contributed by atoms with Crippen LogP contribution < -0.4 is 10.6 Å². The van der Waals surface area contributed by atoms with Crippen molar-refractivity contribution in [2.24, 2.45) is 0 Å². The number of amides is 2. The summed E-state index contributed by atoms with van der Waals surface area (Å²) in [6.45, 7) is -0.419. The van der Waals surface area contributed by atoms with Crippen LogP contribution in [0.25, 0.3) is 10.8 Å². The molecule has 1 aliphatic rings. The third-order valence-electron chi connectivity index (χ3n) is 4.52. The molecule has 5 nitrogen and oxygen atoms in total. The molecule has 3 rings (SSSR count). The molecule has 1 saturated carbocycles. The van der Waals surface area contributed by atoms with Crippen LogP contribution in [0.5, 0.6) is 0 Å². The molecule has 0 heterocycles. The van der Waals surface area contributed by atoms with Crippen molar-refractivity contribution in [3.05, 3.63) is 48.0 Å². The molecule has 2 aromatic rings. The lowest BCUT2D eigenvalue weighted by Crippen LogP contribution is -2.51. The van der Waals surface area contributed by atoms with E-state index < -0.39 is 12.6 Å². The topological polar surface area (TPSA) is 78.4 Å². The third kappa shape index (κ3) is 3.74. The molecular formula is C19H22N2O3. The fourth-order valence-corrected chi connectivity index (χ4v) is 3.14. The first-order valence-electron chi connectivity index (χ1n) is 8.38. The van der Waals surface area contributed by atoms with Gasteiger partial charge in [-0.05, 0) is 35.7 Å². The van der Waals surface area contributed by atoms with Crippen molar-refractivity contribution in [3.8, 4) is 0 Å². The van der Waals surface area contributed by atoms with E-state index in [4.69, 9.17) is 0 Å². The minimum Gasteiger partial charge on any atom is -0.394 e. The van der Waals surface area contributed by atoms with Crippen molar-refractivity contribution in [2.45, 2.75) is 37.8 Å². The zero-order chi connectivity index (χ0) is 16.9. The molecule has 24 heavy (non-hydrogen) atoms. The molecule has 0 aromatic heterocycles. The summed E-state index contributed by atoms with van der Waals surface area (Å²) < 4.78 is 0. The number of rotatable bonds is 5. The number of carbonyl (C=O) groups is 2. The van der Waals surface area contributed by atoms with Gasteiger partial charge in [-0.1, -0.05) is 43.2 Å². The fraction of sp³-hybridized carbons (Fsp3) is 0.368. The lowest BCUT2D eigenvalue weighted by molar-refractivity contribution is -0.124. The number of aliphatic hydroxyl groups is 1. The Morgan fingerprint density at radius 3 is 2.50 bits per heavy atom. The Balaban J connectivity index is 1.67. The lowest BCUT2D eigenvalue weighted by atomic mass is 10.1. The van der Waals surface area contributed by atoms with Crippen LogP contribution in [0, 0.1) is 0 Å². The second-order valence-corrected chi connectivity index (χ2v) is 6.26. The van der Waals surface area contributed by atoms with Crippen molar-refractivity contribution >= 4 is 22.6 Å². The first kappa shape index (κ1) is 16.5. The number of benzene rings is 2. The van der Waals surface area contributed by atoms with Gasteiger partial charge in [0.15, 0.2) is 0 Å². The molecule has 1 aliphatic carbocycles. The highest BCUT2D eigenvalue weighted by Gasteiger charge is 2.24. The van der Waals surface area contributed by atoms with E-state index in [0.29, 0.717) is 5.56 Å². The number of hydrogen-bond donors (Lipinski definition) is 3. The van der Waals surface area contributed by atoms with Gasteiger partial charge in [-0.15, -0.1) is 0 Å². The second-order valence-electron chi connectivity index (χ2n) is 6.26. The summed E-state index contributed by atoms with van der Waals surface area (Å²) >= 11 is 0. The lowest BCUT2D eigenvalue weighted by Gasteiger charge is -2.19. The van der Waals surface area contributed by atoms with E-state index in [9.17, 15) is 14.7 Å². The fourth-order valence-electron chi connectivity index (χ4n) is 3.14. The van der Waals surface area contributed by atoms with E-state index in [0.717, 1.165) is 36.5 Å². The number of hydrogen-bond acceptors (Lipinski definition) is 3. The predicted molar refractivity (Wildman–Crippen MR) is 92.7 cm³/mol. The standard InChI is InChI=1S/C19H22N2O3/c22-12-17(19(24)20-16-7-3-4-8-16)21-18(23)15-10-9-13-5-1-2-6-14(13)11-15/h1-2,5-6,9-11,16-17,22H,3-4,7-8,12H2,(H,20,24)(H,21,23). The molecular weight excluding hydrogens is 304 g/mol. The van der Waals surface area contributed by atoms with Gasteiger partial charge in [0.1, 0.15) is 6.04 Å². The van der Waals surface area contributed by atoms with Crippen LogP contribution in [0.2, 0.25) is 0 Å². The van der Waals surface area contributed by atoms with Crippen molar-refractivity contribution in [1.82, 2.24) is 10.6 Å². The molecule has 5 heteroatoms. The third-order valence-corrected chi connectivity index (χ3v) is 4.52. The summed E-state index contributed by atoms with van der Waals surface area (Å²) in [5.41, 5.74) is 0.473. The van der Waals surface area contributed by atoms with E-state index in [1.807, 2.05) is 30.3 Å². The molecule has 2 amide bonds. The van der Waals surface area contributed by atoms with E-state index in [-0.39, 0.29) is 17.9 Å². The quantitative estimate of drug-likeness (QED) is 0.786. The van der Waals surface area contributed by atoms with E-state index in [2.05, 4.69) is 10.6 Å². The highest BCUT2D eigenvalue weighted by molar-refractivity contribution is 6.00. The Kier molecular flexibility index (Phi) is 5.11. The highest BCUT2D eigenvalue weighted by atomic mass is 16.3. The summed E-state index contributed by atoms with van der Waals surface area (Å²) in [6, 6.07) is 12.4. The predicted octanol–water partition coefficient (Wildman–Crippen LogP) is 1.99. The minimum atomic E-state index is -0.926. The normalized spacial score (nSPS) is 16.0. The molecule has 1 fully saturated rings. The Hall–Kier alpha value is -2.40. The van der Waals surface area contributed by atoms with Crippen LogP contribution >= 0.6 is 0 Å². The number of nitrogens with one attached hydrogen (secondary N) is 2. The van der Waals surface area contributed by atoms with Gasteiger partial charge in [0.25, 0.3) is 5.91 Å². The van der Waals surface area contributed by atoms with Crippen LogP contribution in [-0.4, -0.2) is 35.6 Å². The molecule has 2 aromatic carbocycles. The zero-order valence-electron chi connectivity index (χ0n) is 13.5. The van der Waals surface area contributed by atoms with Crippen molar-refractivity contribution in [1.29, 1.82) is 0 Å². The SMILES string of the molecule is O=C(NC(CO)C(=O)NC1CCCC1)c1ccc2ccccc2c1. The van der Waals surface area contributed by atoms with Crippen molar-refractivity contribution < 1.29 is 14.7 Å². The van der Waals surface area contributed by atoms with Crippen LogP contribution in [0.4, 0.5) is 0 Å². The second kappa shape index (κ2) is 7.45. The van der Waals surface area contributed by atoms with Gasteiger partial charge in [-0.2, -0.15) is 0 Å². The molecule has 0 bridgehead atoms. The zero-order valence-corrected chi connectivity index (χ0v) is 13.5. The average Bonchev–Trinajstić information content (AvgIpc) is 3.11. The van der Waals surface area contributed by atoms with Crippen LogP contribution in [0.3, 0.4) is 0 Å². The maximum atomic E-state index is 12.4. The molecule has 0 radical (unpaired) electrons. The first-order valence-corrected chi connectivity index (χ1v) is 8.38. The maximum absolute atomic E-state index is 12.4. The van der Waals surface area contributed by atoms with Crippen LogP contribution in [-0.2, 0) is 4.79 Å². The summed E-state index contributed by atoms with van der Waals surface area (Å²) in [6.07, 6.45) is 4.14. The average molecular weight is 326 g/mol. The van der Waals surface area contributed by atoms with E-state index >= 15 is 0 Å².